The van der Waals surface area contributed by atoms with Crippen molar-refractivity contribution in [3.63, 3.8) is 0 Å². The Bertz CT molecular complexity index is 1150. The van der Waals surface area contributed by atoms with Crippen molar-refractivity contribution in [2.24, 2.45) is 5.92 Å². The van der Waals surface area contributed by atoms with E-state index in [1.807, 2.05) is 31.2 Å². The van der Waals surface area contributed by atoms with Gasteiger partial charge in [-0.15, -0.1) is 5.10 Å². The summed E-state index contributed by atoms with van der Waals surface area (Å²) in [5, 5.41) is 14.2. The highest BCUT2D eigenvalue weighted by molar-refractivity contribution is 6.04. The highest BCUT2D eigenvalue weighted by Crippen LogP contribution is 2.36. The van der Waals surface area contributed by atoms with E-state index in [9.17, 15) is 9.59 Å². The number of hydrogen-bond acceptors (Lipinski definition) is 7. The average Bonchev–Trinajstić information content (AvgIpc) is 3.45. The highest BCUT2D eigenvalue weighted by atomic mass is 16.6. The monoisotopic (exact) mass is 420 g/mol. The lowest BCUT2D eigenvalue weighted by Gasteiger charge is -2.22. The number of hydrogen-bond donors (Lipinski definition) is 1. The molecule has 1 atom stereocenters. The van der Waals surface area contributed by atoms with Gasteiger partial charge in [-0.2, -0.15) is 0 Å². The number of rotatable bonds is 4. The minimum Gasteiger partial charge on any atom is -0.486 e. The van der Waals surface area contributed by atoms with Gasteiger partial charge < -0.3 is 19.7 Å². The summed E-state index contributed by atoms with van der Waals surface area (Å²) in [6.45, 7) is 3.16. The van der Waals surface area contributed by atoms with Crippen LogP contribution in [0.4, 0.5) is 11.4 Å². The summed E-state index contributed by atoms with van der Waals surface area (Å²) in [6.07, 6.45) is 1.64. The molecule has 0 radical (unpaired) electrons. The van der Waals surface area contributed by atoms with E-state index in [2.05, 4.69) is 20.8 Å². The van der Waals surface area contributed by atoms with E-state index >= 15 is 0 Å². The van der Waals surface area contributed by atoms with Crippen LogP contribution in [-0.4, -0.2) is 51.8 Å². The zero-order valence-electron chi connectivity index (χ0n) is 16.8. The van der Waals surface area contributed by atoms with E-state index in [1.54, 1.807) is 17.0 Å². The molecule has 2 amide bonds. The molecule has 31 heavy (non-hydrogen) atoms. The van der Waals surface area contributed by atoms with Gasteiger partial charge in [0.25, 0.3) is 0 Å². The molecule has 2 aliphatic heterocycles. The van der Waals surface area contributed by atoms with Crippen LogP contribution in [0.5, 0.6) is 11.5 Å². The summed E-state index contributed by atoms with van der Waals surface area (Å²) in [7, 11) is 0. The first-order valence-electron chi connectivity index (χ1n) is 9.94. The third-order valence-electron chi connectivity index (χ3n) is 5.49. The number of carbonyl (C=O) groups excluding carboxylic acids is 2. The Kier molecular flexibility index (Phi) is 4.73. The van der Waals surface area contributed by atoms with Crippen LogP contribution in [0.1, 0.15) is 12.0 Å². The number of benzene rings is 2. The number of tetrazole rings is 1. The number of nitrogens with one attached hydrogen (secondary N) is 1. The highest BCUT2D eigenvalue weighted by Gasteiger charge is 2.35. The van der Waals surface area contributed by atoms with Crippen molar-refractivity contribution >= 4 is 23.2 Å². The van der Waals surface area contributed by atoms with Gasteiger partial charge in [0.05, 0.1) is 11.6 Å². The van der Waals surface area contributed by atoms with E-state index < -0.39 is 5.92 Å². The van der Waals surface area contributed by atoms with E-state index in [0.29, 0.717) is 42.6 Å². The molecule has 0 aliphatic carbocycles. The summed E-state index contributed by atoms with van der Waals surface area (Å²) >= 11 is 0. The number of aromatic nitrogens is 4. The average molecular weight is 420 g/mol. The maximum Gasteiger partial charge on any atom is 0.229 e. The number of nitrogens with zero attached hydrogens (tertiary/aromatic N) is 5. The Labute approximate surface area is 177 Å². The van der Waals surface area contributed by atoms with Crippen LogP contribution in [0.15, 0.2) is 42.7 Å². The van der Waals surface area contributed by atoms with Gasteiger partial charge >= 0.3 is 0 Å². The van der Waals surface area contributed by atoms with Gasteiger partial charge in [-0.25, -0.2) is 4.68 Å². The Morgan fingerprint density at radius 1 is 1.16 bits per heavy atom. The van der Waals surface area contributed by atoms with Crippen LogP contribution in [0.25, 0.3) is 5.69 Å². The van der Waals surface area contributed by atoms with Crippen LogP contribution in [0, 0.1) is 12.8 Å². The molecule has 10 heteroatoms. The third kappa shape index (κ3) is 3.56. The van der Waals surface area contributed by atoms with E-state index in [0.717, 1.165) is 11.3 Å². The lowest BCUT2D eigenvalue weighted by molar-refractivity contribution is -0.122. The molecule has 1 aromatic heterocycles. The van der Waals surface area contributed by atoms with Crippen LogP contribution in [-0.2, 0) is 9.59 Å². The third-order valence-corrected chi connectivity index (χ3v) is 5.49. The van der Waals surface area contributed by atoms with Gasteiger partial charge in [0.15, 0.2) is 11.5 Å². The molecule has 2 aliphatic rings. The first-order chi connectivity index (χ1) is 15.1. The van der Waals surface area contributed by atoms with Crippen molar-refractivity contribution in [1.29, 1.82) is 0 Å². The maximum atomic E-state index is 12.9. The molecule has 10 nitrogen and oxygen atoms in total. The number of ether oxygens (including phenoxy) is 2. The van der Waals surface area contributed by atoms with Gasteiger partial charge in [0.2, 0.25) is 11.8 Å². The minimum atomic E-state index is -0.461. The van der Waals surface area contributed by atoms with Crippen molar-refractivity contribution in [3.8, 4) is 17.2 Å². The Balaban J connectivity index is 1.31. The minimum absolute atomic E-state index is 0.101. The Morgan fingerprint density at radius 2 is 2.00 bits per heavy atom. The second-order valence-electron chi connectivity index (χ2n) is 7.43. The van der Waals surface area contributed by atoms with Crippen molar-refractivity contribution < 1.29 is 19.1 Å². The first-order valence-corrected chi connectivity index (χ1v) is 9.94. The zero-order chi connectivity index (χ0) is 21.4. The van der Waals surface area contributed by atoms with Crippen molar-refractivity contribution in [2.45, 2.75) is 13.3 Å². The molecule has 2 aromatic carbocycles. The number of fused-ring (bicyclic) bond motifs is 1. The van der Waals surface area contributed by atoms with Crippen LogP contribution in [0.3, 0.4) is 0 Å². The normalized spacial score (nSPS) is 17.6. The molecule has 0 spiro atoms. The standard InChI is InChI=1S/C21H20N6O4/c1-13-16(3-2-4-17(13)27-12-22-24-25-27)23-21(29)14-9-20(28)26(11-14)15-5-6-18-19(10-15)31-8-7-30-18/h2-6,10,12,14H,7-9,11H2,1H3,(H,23,29)/t14-/m1/s1. The van der Waals surface area contributed by atoms with Crippen LogP contribution < -0.4 is 19.7 Å². The summed E-state index contributed by atoms with van der Waals surface area (Å²) < 4.78 is 12.7. The zero-order valence-corrected chi connectivity index (χ0v) is 16.8. The van der Waals surface area contributed by atoms with Gasteiger partial charge in [-0.3, -0.25) is 9.59 Å². The fourth-order valence-electron chi connectivity index (χ4n) is 3.85. The molecule has 3 aromatic rings. The Morgan fingerprint density at radius 3 is 2.81 bits per heavy atom. The predicted molar refractivity (Wildman–Crippen MR) is 110 cm³/mol. The molecule has 3 heterocycles. The smallest absolute Gasteiger partial charge is 0.229 e. The van der Waals surface area contributed by atoms with Crippen molar-refractivity contribution in [3.05, 3.63) is 48.3 Å². The predicted octanol–water partition coefficient (Wildman–Crippen LogP) is 1.73. The molecular weight excluding hydrogens is 400 g/mol. The fraction of sp³-hybridized carbons (Fsp3) is 0.286. The lowest BCUT2D eigenvalue weighted by atomic mass is 10.1. The van der Waals surface area contributed by atoms with Gasteiger partial charge in [-0.1, -0.05) is 6.07 Å². The second kappa shape index (κ2) is 7.71. The van der Waals surface area contributed by atoms with Gasteiger partial charge in [-0.05, 0) is 47.2 Å². The van der Waals surface area contributed by atoms with Crippen LogP contribution >= 0.6 is 0 Å². The van der Waals surface area contributed by atoms with E-state index in [-0.39, 0.29) is 18.2 Å². The lowest BCUT2D eigenvalue weighted by Crippen LogP contribution is -2.28. The SMILES string of the molecule is Cc1c(NC(=O)[C@@H]2CC(=O)N(c3ccc4c(c3)OCCO4)C2)cccc1-n1cnnn1. The van der Waals surface area contributed by atoms with Gasteiger partial charge in [0.1, 0.15) is 19.5 Å². The Hall–Kier alpha value is -3.95. The summed E-state index contributed by atoms with van der Waals surface area (Å²) in [5.74, 6) is 0.506. The van der Waals surface area contributed by atoms with Crippen LogP contribution in [0.2, 0.25) is 0 Å². The molecule has 1 saturated heterocycles. The molecular formula is C21H20N6O4. The molecule has 158 valence electrons. The maximum absolute atomic E-state index is 12.9. The summed E-state index contributed by atoms with van der Waals surface area (Å²) in [5.41, 5.74) is 2.95. The van der Waals surface area contributed by atoms with Crippen molar-refractivity contribution in [1.82, 2.24) is 20.2 Å². The topological polar surface area (TPSA) is 111 Å². The largest absolute Gasteiger partial charge is 0.486 e. The molecule has 0 saturated carbocycles. The van der Waals surface area contributed by atoms with Crippen molar-refractivity contribution in [2.75, 3.05) is 30.0 Å². The first kappa shape index (κ1) is 19.0. The quantitative estimate of drug-likeness (QED) is 0.684. The molecule has 1 N–H and O–H groups in total. The molecule has 0 unspecified atom stereocenters. The van der Waals surface area contributed by atoms with E-state index in [1.165, 1.54) is 11.0 Å². The number of amides is 2. The molecule has 1 fully saturated rings. The number of anilines is 2. The fourth-order valence-corrected chi connectivity index (χ4v) is 3.85. The molecule has 0 bridgehead atoms. The molecule has 5 rings (SSSR count). The summed E-state index contributed by atoms with van der Waals surface area (Å²) in [4.78, 5) is 27.2. The second-order valence-corrected chi connectivity index (χ2v) is 7.43. The van der Waals surface area contributed by atoms with Gasteiger partial charge in [0, 0.05) is 30.4 Å². The van der Waals surface area contributed by atoms with E-state index in [4.69, 9.17) is 9.47 Å². The number of carbonyl (C=O) groups is 2. The summed E-state index contributed by atoms with van der Waals surface area (Å²) in [6, 6.07) is 10.9.